The first-order chi connectivity index (χ1) is 9.38. The van der Waals surface area contributed by atoms with E-state index in [0.29, 0.717) is 5.75 Å². The van der Waals surface area contributed by atoms with Crippen LogP contribution < -0.4 is 4.74 Å². The third-order valence-corrected chi connectivity index (χ3v) is 2.90. The molecule has 0 aliphatic heterocycles. The second kappa shape index (κ2) is 5.33. The van der Waals surface area contributed by atoms with Crippen molar-refractivity contribution in [2.75, 3.05) is 0 Å². The molecule has 0 aliphatic carbocycles. The van der Waals surface area contributed by atoms with Gasteiger partial charge in [0.2, 0.25) is 0 Å². The van der Waals surface area contributed by atoms with Gasteiger partial charge in [-0.15, -0.1) is 0 Å². The van der Waals surface area contributed by atoms with Crippen molar-refractivity contribution < 1.29 is 14.6 Å². The Morgan fingerprint density at radius 1 is 1.20 bits per heavy atom. The topological polar surface area (TPSA) is 59.4 Å². The molecule has 0 aliphatic rings. The number of hydrogen-bond acceptors (Lipinski definition) is 3. The summed E-state index contributed by atoms with van der Waals surface area (Å²) in [5, 5.41) is 9.09. The number of ether oxygens (including phenoxy) is 1. The van der Waals surface area contributed by atoms with Gasteiger partial charge in [0.25, 0.3) is 0 Å². The molecule has 1 heterocycles. The Kier molecular flexibility index (Phi) is 3.74. The van der Waals surface area contributed by atoms with Crippen molar-refractivity contribution in [2.45, 2.75) is 26.2 Å². The molecule has 4 heteroatoms. The molecule has 0 amide bonds. The zero-order chi connectivity index (χ0) is 14.8. The molecule has 0 saturated carbocycles. The highest BCUT2D eigenvalue weighted by Crippen LogP contribution is 2.29. The molecule has 20 heavy (non-hydrogen) atoms. The van der Waals surface area contributed by atoms with Crippen LogP contribution in [0.4, 0.5) is 0 Å². The predicted molar refractivity (Wildman–Crippen MR) is 76.4 cm³/mol. The minimum Gasteiger partial charge on any atom is -0.476 e. The molecule has 0 saturated heterocycles. The zero-order valence-corrected chi connectivity index (χ0v) is 11.8. The van der Waals surface area contributed by atoms with Gasteiger partial charge in [-0.05, 0) is 35.2 Å². The third-order valence-electron chi connectivity index (χ3n) is 2.90. The maximum atomic E-state index is 11.1. The molecular formula is C16H17NO3. The van der Waals surface area contributed by atoms with Crippen molar-refractivity contribution in [3.8, 4) is 11.5 Å². The highest BCUT2D eigenvalue weighted by Gasteiger charge is 2.16. The molecule has 104 valence electrons. The number of rotatable bonds is 3. The van der Waals surface area contributed by atoms with Gasteiger partial charge >= 0.3 is 5.97 Å². The third kappa shape index (κ3) is 3.15. The van der Waals surface area contributed by atoms with Gasteiger partial charge in [-0.3, -0.25) is 0 Å². The van der Waals surface area contributed by atoms with E-state index in [0.717, 1.165) is 5.56 Å². The van der Waals surface area contributed by atoms with Crippen LogP contribution in [0.5, 0.6) is 11.5 Å². The molecule has 0 radical (unpaired) electrons. The molecule has 1 N–H and O–H groups in total. The molecule has 0 atom stereocenters. The lowest BCUT2D eigenvalue weighted by Crippen LogP contribution is -2.10. The average Bonchev–Trinajstić information content (AvgIpc) is 2.38. The van der Waals surface area contributed by atoms with Gasteiger partial charge in [-0.2, -0.15) is 0 Å². The van der Waals surface area contributed by atoms with Gasteiger partial charge in [0.05, 0.1) is 0 Å². The van der Waals surface area contributed by atoms with Gasteiger partial charge in [-0.1, -0.05) is 32.9 Å². The maximum absolute atomic E-state index is 11.1. The Morgan fingerprint density at radius 2 is 1.95 bits per heavy atom. The smallest absolute Gasteiger partial charge is 0.358 e. The van der Waals surface area contributed by atoms with Gasteiger partial charge in [-0.25, -0.2) is 9.78 Å². The van der Waals surface area contributed by atoms with E-state index >= 15 is 0 Å². The van der Waals surface area contributed by atoms with E-state index in [2.05, 4.69) is 25.8 Å². The number of aromatic carboxylic acids is 1. The number of carboxylic acid groups (broad SMARTS) is 1. The zero-order valence-electron chi connectivity index (χ0n) is 11.8. The summed E-state index contributed by atoms with van der Waals surface area (Å²) in [7, 11) is 0. The van der Waals surface area contributed by atoms with Crippen molar-refractivity contribution in [1.82, 2.24) is 4.98 Å². The van der Waals surface area contributed by atoms with Crippen LogP contribution in [-0.2, 0) is 5.41 Å². The number of nitrogens with zero attached hydrogens (tertiary/aromatic N) is 1. The maximum Gasteiger partial charge on any atom is 0.358 e. The first-order valence-electron chi connectivity index (χ1n) is 6.34. The van der Waals surface area contributed by atoms with E-state index in [-0.39, 0.29) is 16.9 Å². The van der Waals surface area contributed by atoms with Gasteiger partial charge in [0.1, 0.15) is 5.75 Å². The summed E-state index contributed by atoms with van der Waals surface area (Å²) in [6.45, 7) is 6.33. The molecule has 2 aromatic rings. The lowest BCUT2D eigenvalue weighted by Gasteiger charge is -2.19. The van der Waals surface area contributed by atoms with E-state index in [4.69, 9.17) is 9.84 Å². The van der Waals surface area contributed by atoms with Crippen LogP contribution in [0.15, 0.2) is 42.6 Å². The molecule has 0 unspecified atom stereocenters. The molecule has 2 rings (SSSR count). The van der Waals surface area contributed by atoms with Crippen LogP contribution in [-0.4, -0.2) is 16.1 Å². The molecule has 0 fully saturated rings. The van der Waals surface area contributed by atoms with Gasteiger partial charge in [0, 0.05) is 6.20 Å². The molecule has 1 aromatic carbocycles. The van der Waals surface area contributed by atoms with Crippen molar-refractivity contribution in [1.29, 1.82) is 0 Å². The SMILES string of the molecule is CC(C)(C)c1cccc(Oc2cccnc2C(=O)O)c1. The van der Waals surface area contributed by atoms with Crippen molar-refractivity contribution in [2.24, 2.45) is 0 Å². The highest BCUT2D eigenvalue weighted by atomic mass is 16.5. The number of carboxylic acids is 1. The number of carbonyl (C=O) groups is 1. The summed E-state index contributed by atoms with van der Waals surface area (Å²) in [4.78, 5) is 14.9. The number of aromatic nitrogens is 1. The van der Waals surface area contributed by atoms with Crippen molar-refractivity contribution in [3.05, 3.63) is 53.9 Å². The van der Waals surface area contributed by atoms with E-state index in [1.165, 1.54) is 6.20 Å². The minimum atomic E-state index is -1.10. The summed E-state index contributed by atoms with van der Waals surface area (Å²) in [5.41, 5.74) is 1.04. The van der Waals surface area contributed by atoms with Crippen LogP contribution >= 0.6 is 0 Å². The number of pyridine rings is 1. The van der Waals surface area contributed by atoms with Gasteiger partial charge in [0.15, 0.2) is 11.4 Å². The fourth-order valence-electron chi connectivity index (χ4n) is 1.79. The largest absolute Gasteiger partial charge is 0.476 e. The molecule has 1 aromatic heterocycles. The molecule has 0 bridgehead atoms. The lowest BCUT2D eigenvalue weighted by molar-refractivity contribution is 0.0687. The van der Waals surface area contributed by atoms with E-state index in [1.54, 1.807) is 18.2 Å². The summed E-state index contributed by atoms with van der Waals surface area (Å²) >= 11 is 0. The second-order valence-corrected chi connectivity index (χ2v) is 5.54. The monoisotopic (exact) mass is 271 g/mol. The fourth-order valence-corrected chi connectivity index (χ4v) is 1.79. The minimum absolute atomic E-state index is 0.00390. The Hall–Kier alpha value is -2.36. The van der Waals surface area contributed by atoms with E-state index in [1.807, 2.05) is 18.2 Å². The standard InChI is InChI=1S/C16H17NO3/c1-16(2,3)11-6-4-7-12(10-11)20-13-8-5-9-17-14(13)15(18)19/h4-10H,1-3H3,(H,18,19). The van der Waals surface area contributed by atoms with E-state index in [9.17, 15) is 4.79 Å². The van der Waals surface area contributed by atoms with Crippen LogP contribution in [0, 0.1) is 0 Å². The van der Waals surface area contributed by atoms with Gasteiger partial charge < -0.3 is 9.84 Å². The predicted octanol–water partition coefficient (Wildman–Crippen LogP) is 3.87. The van der Waals surface area contributed by atoms with Crippen LogP contribution in [0.3, 0.4) is 0 Å². The quantitative estimate of drug-likeness (QED) is 0.920. The summed E-state index contributed by atoms with van der Waals surface area (Å²) in [6.07, 6.45) is 1.43. The second-order valence-electron chi connectivity index (χ2n) is 5.54. The fraction of sp³-hybridized carbons (Fsp3) is 0.250. The molecule has 0 spiro atoms. The van der Waals surface area contributed by atoms with Crippen molar-refractivity contribution >= 4 is 5.97 Å². The van der Waals surface area contributed by atoms with E-state index < -0.39 is 5.97 Å². The van der Waals surface area contributed by atoms with Crippen LogP contribution in [0.2, 0.25) is 0 Å². The van der Waals surface area contributed by atoms with Crippen LogP contribution in [0.25, 0.3) is 0 Å². The highest BCUT2D eigenvalue weighted by molar-refractivity contribution is 5.88. The Balaban J connectivity index is 2.34. The summed E-state index contributed by atoms with van der Waals surface area (Å²) in [5.74, 6) is -0.258. The van der Waals surface area contributed by atoms with Crippen molar-refractivity contribution in [3.63, 3.8) is 0 Å². The average molecular weight is 271 g/mol. The Labute approximate surface area is 118 Å². The number of benzene rings is 1. The molecular weight excluding hydrogens is 254 g/mol. The summed E-state index contributed by atoms with van der Waals surface area (Å²) in [6, 6.07) is 10.9. The Morgan fingerprint density at radius 3 is 2.60 bits per heavy atom. The normalized spacial score (nSPS) is 11.2. The Bertz CT molecular complexity index is 630. The summed E-state index contributed by atoms with van der Waals surface area (Å²) < 4.78 is 5.66. The first kappa shape index (κ1) is 14.1. The first-order valence-corrected chi connectivity index (χ1v) is 6.34. The number of hydrogen-bond donors (Lipinski definition) is 1. The van der Waals surface area contributed by atoms with Crippen LogP contribution in [0.1, 0.15) is 36.8 Å². The molecule has 4 nitrogen and oxygen atoms in total. The lowest BCUT2D eigenvalue weighted by atomic mass is 9.87.